The molecule has 2 aromatic heterocycles. The number of sulfonamides is 1. The van der Waals surface area contributed by atoms with Gasteiger partial charge in [-0.1, -0.05) is 29.3 Å². The summed E-state index contributed by atoms with van der Waals surface area (Å²) in [6.07, 6.45) is 1.76. The standard InChI is InChI=1S/C19H20Cl2N6O2S/c1-12-3-4-17(23-11-12)25-19-6-5-18(26-27-19)22-7-8-24-30(28,29)16-9-13(2)14(20)10-15(16)21/h3-6,9-11,24H,7-8H2,1-2H3,(H,22,26)(H,23,25,27). The SMILES string of the molecule is Cc1ccc(Nc2ccc(NCCNS(=O)(=O)c3cc(C)c(Cl)cc3Cl)nn2)nc1. The van der Waals surface area contributed by atoms with Crippen molar-refractivity contribution in [3.05, 3.63) is 63.8 Å². The van der Waals surface area contributed by atoms with E-state index in [0.717, 1.165) is 5.56 Å². The maximum Gasteiger partial charge on any atom is 0.242 e. The summed E-state index contributed by atoms with van der Waals surface area (Å²) in [4.78, 5) is 4.24. The van der Waals surface area contributed by atoms with Gasteiger partial charge in [0.25, 0.3) is 0 Å². The second-order valence-electron chi connectivity index (χ2n) is 6.51. The van der Waals surface area contributed by atoms with Crippen molar-refractivity contribution in [2.24, 2.45) is 0 Å². The number of benzene rings is 1. The molecule has 2 heterocycles. The lowest BCUT2D eigenvalue weighted by atomic mass is 10.2. The van der Waals surface area contributed by atoms with Crippen LogP contribution in [-0.2, 0) is 10.0 Å². The average Bonchev–Trinajstić information content (AvgIpc) is 2.71. The molecule has 158 valence electrons. The van der Waals surface area contributed by atoms with Crippen molar-refractivity contribution in [2.75, 3.05) is 23.7 Å². The second-order valence-corrected chi connectivity index (χ2v) is 9.06. The number of hydrogen-bond donors (Lipinski definition) is 3. The number of hydrogen-bond acceptors (Lipinski definition) is 7. The van der Waals surface area contributed by atoms with E-state index in [1.54, 1.807) is 25.3 Å². The molecule has 0 aliphatic rings. The molecule has 0 atom stereocenters. The third kappa shape index (κ3) is 5.79. The van der Waals surface area contributed by atoms with E-state index in [2.05, 4.69) is 30.5 Å². The van der Waals surface area contributed by atoms with Gasteiger partial charge < -0.3 is 10.6 Å². The summed E-state index contributed by atoms with van der Waals surface area (Å²) < 4.78 is 27.4. The molecule has 3 N–H and O–H groups in total. The molecule has 0 radical (unpaired) electrons. The Balaban J connectivity index is 1.51. The molecule has 8 nitrogen and oxygen atoms in total. The molecular weight excluding hydrogens is 447 g/mol. The molecule has 1 aromatic carbocycles. The van der Waals surface area contributed by atoms with Crippen molar-refractivity contribution in [1.29, 1.82) is 0 Å². The minimum Gasteiger partial charge on any atom is -0.367 e. The highest BCUT2D eigenvalue weighted by Crippen LogP contribution is 2.28. The van der Waals surface area contributed by atoms with Crippen LogP contribution in [0.15, 0.2) is 47.5 Å². The van der Waals surface area contributed by atoms with Gasteiger partial charge in [-0.25, -0.2) is 18.1 Å². The van der Waals surface area contributed by atoms with Crippen LogP contribution in [0.2, 0.25) is 10.0 Å². The van der Waals surface area contributed by atoms with Crippen molar-refractivity contribution in [3.8, 4) is 0 Å². The van der Waals surface area contributed by atoms with Crippen LogP contribution in [0.4, 0.5) is 17.5 Å². The third-order valence-electron chi connectivity index (χ3n) is 4.06. The number of halogens is 2. The Morgan fingerprint density at radius 2 is 1.60 bits per heavy atom. The maximum atomic E-state index is 12.5. The van der Waals surface area contributed by atoms with E-state index < -0.39 is 10.0 Å². The maximum absolute atomic E-state index is 12.5. The number of pyridine rings is 1. The van der Waals surface area contributed by atoms with Gasteiger partial charge in [0.05, 0.1) is 5.02 Å². The van der Waals surface area contributed by atoms with Crippen LogP contribution < -0.4 is 15.4 Å². The fourth-order valence-corrected chi connectivity index (χ4v) is 4.32. The number of nitrogens with one attached hydrogen (secondary N) is 3. The molecule has 0 saturated heterocycles. The first-order valence-electron chi connectivity index (χ1n) is 8.97. The molecule has 0 amide bonds. The zero-order chi connectivity index (χ0) is 21.7. The van der Waals surface area contributed by atoms with Crippen molar-refractivity contribution >= 4 is 50.7 Å². The van der Waals surface area contributed by atoms with E-state index in [-0.39, 0.29) is 16.5 Å². The first kappa shape index (κ1) is 22.2. The Bertz CT molecular complexity index is 1120. The predicted octanol–water partition coefficient (Wildman–Crippen LogP) is 3.93. The summed E-state index contributed by atoms with van der Waals surface area (Å²) >= 11 is 12.0. The van der Waals surface area contributed by atoms with Crippen LogP contribution in [0.3, 0.4) is 0 Å². The lowest BCUT2D eigenvalue weighted by Gasteiger charge is -2.11. The van der Waals surface area contributed by atoms with Crippen LogP contribution in [0.25, 0.3) is 0 Å². The van der Waals surface area contributed by atoms with E-state index in [9.17, 15) is 8.42 Å². The van der Waals surface area contributed by atoms with E-state index in [1.807, 2.05) is 19.1 Å². The Hall–Kier alpha value is -2.46. The van der Waals surface area contributed by atoms with Gasteiger partial charge in [0, 0.05) is 24.3 Å². The smallest absolute Gasteiger partial charge is 0.242 e. The van der Waals surface area contributed by atoms with Gasteiger partial charge in [-0.2, -0.15) is 0 Å². The largest absolute Gasteiger partial charge is 0.367 e. The zero-order valence-corrected chi connectivity index (χ0v) is 18.6. The van der Waals surface area contributed by atoms with Crippen molar-refractivity contribution in [3.63, 3.8) is 0 Å². The van der Waals surface area contributed by atoms with Crippen LogP contribution >= 0.6 is 23.2 Å². The summed E-state index contributed by atoms with van der Waals surface area (Å²) in [7, 11) is -3.76. The third-order valence-corrected chi connectivity index (χ3v) is 6.39. The van der Waals surface area contributed by atoms with Crippen LogP contribution in [0.5, 0.6) is 0 Å². The number of anilines is 3. The summed E-state index contributed by atoms with van der Waals surface area (Å²) in [5, 5.41) is 14.7. The fraction of sp³-hybridized carbons (Fsp3) is 0.211. The van der Waals surface area contributed by atoms with Gasteiger partial charge in [0.15, 0.2) is 5.82 Å². The number of rotatable bonds is 8. The van der Waals surface area contributed by atoms with Gasteiger partial charge >= 0.3 is 0 Å². The van der Waals surface area contributed by atoms with E-state index >= 15 is 0 Å². The van der Waals surface area contributed by atoms with Crippen LogP contribution in [-0.4, -0.2) is 36.7 Å². The first-order valence-corrected chi connectivity index (χ1v) is 11.2. The highest BCUT2D eigenvalue weighted by Gasteiger charge is 2.18. The van der Waals surface area contributed by atoms with Crippen molar-refractivity contribution < 1.29 is 8.42 Å². The van der Waals surface area contributed by atoms with Gasteiger partial charge in [-0.15, -0.1) is 10.2 Å². The lowest BCUT2D eigenvalue weighted by Crippen LogP contribution is -2.29. The summed E-state index contributed by atoms with van der Waals surface area (Å²) in [6.45, 7) is 4.12. The quantitative estimate of drug-likeness (QED) is 0.431. The summed E-state index contributed by atoms with van der Waals surface area (Å²) in [6, 6.07) is 10.1. The minimum absolute atomic E-state index is 0.00833. The van der Waals surface area contributed by atoms with Gasteiger partial charge in [0.1, 0.15) is 16.5 Å². The number of aromatic nitrogens is 3. The molecule has 30 heavy (non-hydrogen) atoms. The Morgan fingerprint density at radius 3 is 2.27 bits per heavy atom. The Morgan fingerprint density at radius 1 is 0.900 bits per heavy atom. The first-order chi connectivity index (χ1) is 14.2. The molecule has 3 aromatic rings. The number of aryl methyl sites for hydroxylation is 2. The summed E-state index contributed by atoms with van der Waals surface area (Å²) in [5.74, 6) is 1.73. The van der Waals surface area contributed by atoms with E-state index in [4.69, 9.17) is 23.2 Å². The molecule has 0 spiro atoms. The highest BCUT2D eigenvalue weighted by atomic mass is 35.5. The average molecular weight is 467 g/mol. The second kappa shape index (κ2) is 9.57. The molecule has 0 fully saturated rings. The molecule has 0 bridgehead atoms. The molecule has 0 aliphatic heterocycles. The molecule has 11 heteroatoms. The molecule has 0 aliphatic carbocycles. The Labute approximate surface area is 185 Å². The minimum atomic E-state index is -3.76. The van der Waals surface area contributed by atoms with Crippen LogP contribution in [0.1, 0.15) is 11.1 Å². The highest BCUT2D eigenvalue weighted by molar-refractivity contribution is 7.89. The van der Waals surface area contributed by atoms with E-state index in [0.29, 0.717) is 34.6 Å². The molecular formula is C19H20Cl2N6O2S. The van der Waals surface area contributed by atoms with Gasteiger partial charge in [0.2, 0.25) is 10.0 Å². The molecule has 0 saturated carbocycles. The van der Waals surface area contributed by atoms with Gasteiger partial charge in [-0.3, -0.25) is 0 Å². The normalized spacial score (nSPS) is 11.3. The lowest BCUT2D eigenvalue weighted by molar-refractivity contribution is 0.583. The predicted molar refractivity (Wildman–Crippen MR) is 119 cm³/mol. The van der Waals surface area contributed by atoms with Crippen LogP contribution in [0, 0.1) is 13.8 Å². The molecule has 3 rings (SSSR count). The number of nitrogens with zero attached hydrogens (tertiary/aromatic N) is 3. The molecule has 0 unspecified atom stereocenters. The fourth-order valence-electron chi connectivity index (χ4n) is 2.46. The monoisotopic (exact) mass is 466 g/mol. The Kier molecular flexibility index (Phi) is 7.09. The van der Waals surface area contributed by atoms with E-state index in [1.165, 1.54) is 12.1 Å². The van der Waals surface area contributed by atoms with Crippen molar-refractivity contribution in [1.82, 2.24) is 19.9 Å². The topological polar surface area (TPSA) is 109 Å². The van der Waals surface area contributed by atoms with Gasteiger partial charge in [-0.05, 0) is 55.3 Å². The van der Waals surface area contributed by atoms with Crippen molar-refractivity contribution in [2.45, 2.75) is 18.7 Å². The summed E-state index contributed by atoms with van der Waals surface area (Å²) in [5.41, 5.74) is 1.69. The zero-order valence-electron chi connectivity index (χ0n) is 16.3.